The maximum Gasteiger partial charge on any atom is 0.259 e. The van der Waals surface area contributed by atoms with Crippen molar-refractivity contribution in [2.24, 2.45) is 0 Å². The number of carbonyl (C=O) groups is 1. The van der Waals surface area contributed by atoms with E-state index in [0.717, 1.165) is 11.3 Å². The molecule has 0 N–H and O–H groups in total. The average molecular weight is 257 g/mol. The monoisotopic (exact) mass is 257 g/mol. The van der Waals surface area contributed by atoms with Crippen molar-refractivity contribution in [3.63, 3.8) is 0 Å². The Hall–Kier alpha value is -1.74. The van der Waals surface area contributed by atoms with Gasteiger partial charge in [-0.3, -0.25) is 4.79 Å². The van der Waals surface area contributed by atoms with Gasteiger partial charge in [0.15, 0.2) is 0 Å². The largest absolute Gasteiger partial charge is 0.311 e. The maximum absolute atomic E-state index is 12.4. The highest BCUT2D eigenvalue weighted by Crippen LogP contribution is 2.20. The SMILES string of the molecule is Cc1cccc(N(C)C(=O)c2ccccc2S)c1. The molecule has 92 valence electrons. The molecule has 0 aliphatic carbocycles. The molecule has 0 heterocycles. The van der Waals surface area contributed by atoms with Gasteiger partial charge >= 0.3 is 0 Å². The van der Waals surface area contributed by atoms with E-state index in [9.17, 15) is 4.79 Å². The fourth-order valence-corrected chi connectivity index (χ4v) is 2.05. The van der Waals surface area contributed by atoms with Crippen LogP contribution in [0.2, 0.25) is 0 Å². The van der Waals surface area contributed by atoms with Crippen LogP contribution in [0.5, 0.6) is 0 Å². The van der Waals surface area contributed by atoms with Crippen LogP contribution in [0, 0.1) is 6.92 Å². The van der Waals surface area contributed by atoms with Crippen LogP contribution in [0.15, 0.2) is 53.4 Å². The van der Waals surface area contributed by atoms with E-state index in [2.05, 4.69) is 12.6 Å². The van der Waals surface area contributed by atoms with Gasteiger partial charge in [0.1, 0.15) is 0 Å². The Morgan fingerprint density at radius 1 is 1.11 bits per heavy atom. The quantitative estimate of drug-likeness (QED) is 0.816. The third-order valence-corrected chi connectivity index (χ3v) is 3.22. The van der Waals surface area contributed by atoms with E-state index in [0.29, 0.717) is 10.5 Å². The van der Waals surface area contributed by atoms with E-state index in [1.165, 1.54) is 0 Å². The topological polar surface area (TPSA) is 20.3 Å². The van der Waals surface area contributed by atoms with Gasteiger partial charge in [-0.15, -0.1) is 12.6 Å². The van der Waals surface area contributed by atoms with Crippen molar-refractivity contribution in [2.45, 2.75) is 11.8 Å². The first-order valence-corrected chi connectivity index (χ1v) is 6.17. The minimum absolute atomic E-state index is 0.0498. The van der Waals surface area contributed by atoms with Gasteiger partial charge in [-0.05, 0) is 36.8 Å². The summed E-state index contributed by atoms with van der Waals surface area (Å²) >= 11 is 4.32. The fourth-order valence-electron chi connectivity index (χ4n) is 1.79. The highest BCUT2D eigenvalue weighted by Gasteiger charge is 2.15. The van der Waals surface area contributed by atoms with Crippen molar-refractivity contribution in [1.82, 2.24) is 0 Å². The van der Waals surface area contributed by atoms with E-state index in [-0.39, 0.29) is 5.91 Å². The van der Waals surface area contributed by atoms with E-state index in [1.54, 1.807) is 18.0 Å². The van der Waals surface area contributed by atoms with Gasteiger partial charge in [-0.2, -0.15) is 0 Å². The highest BCUT2D eigenvalue weighted by atomic mass is 32.1. The molecular formula is C15H15NOS. The summed E-state index contributed by atoms with van der Waals surface area (Å²) in [6.07, 6.45) is 0. The Bertz CT molecular complexity index is 580. The molecule has 18 heavy (non-hydrogen) atoms. The smallest absolute Gasteiger partial charge is 0.259 e. The van der Waals surface area contributed by atoms with Crippen LogP contribution < -0.4 is 4.90 Å². The number of anilines is 1. The molecule has 2 nitrogen and oxygen atoms in total. The molecule has 0 aliphatic heterocycles. The summed E-state index contributed by atoms with van der Waals surface area (Å²) in [5, 5.41) is 0. The number of rotatable bonds is 2. The standard InChI is InChI=1S/C15H15NOS/c1-11-6-5-7-12(10-11)16(2)15(17)13-8-3-4-9-14(13)18/h3-10,18H,1-2H3. The first-order chi connectivity index (χ1) is 8.59. The minimum atomic E-state index is -0.0498. The van der Waals surface area contributed by atoms with Crippen molar-refractivity contribution in [2.75, 3.05) is 11.9 Å². The molecule has 1 amide bonds. The van der Waals surface area contributed by atoms with Gasteiger partial charge in [0.05, 0.1) is 5.56 Å². The second kappa shape index (κ2) is 5.27. The Morgan fingerprint density at radius 2 is 1.83 bits per heavy atom. The Labute approximate surface area is 113 Å². The van der Waals surface area contributed by atoms with Gasteiger partial charge in [-0.25, -0.2) is 0 Å². The zero-order valence-corrected chi connectivity index (χ0v) is 11.3. The zero-order valence-electron chi connectivity index (χ0n) is 10.4. The molecule has 3 heteroatoms. The third-order valence-electron chi connectivity index (χ3n) is 2.83. The summed E-state index contributed by atoms with van der Waals surface area (Å²) in [6, 6.07) is 15.2. The van der Waals surface area contributed by atoms with Crippen molar-refractivity contribution in [3.05, 3.63) is 59.7 Å². The maximum atomic E-state index is 12.4. The van der Waals surface area contributed by atoms with E-state index >= 15 is 0 Å². The molecule has 0 aliphatic rings. The van der Waals surface area contributed by atoms with Crippen LogP contribution in [0.1, 0.15) is 15.9 Å². The molecule has 0 atom stereocenters. The number of amides is 1. The average Bonchev–Trinajstić information content (AvgIpc) is 2.37. The summed E-state index contributed by atoms with van der Waals surface area (Å²) < 4.78 is 0. The first-order valence-electron chi connectivity index (χ1n) is 5.72. The van der Waals surface area contributed by atoms with Crippen LogP contribution in [-0.4, -0.2) is 13.0 Å². The first kappa shape index (κ1) is 12.7. The number of aryl methyl sites for hydroxylation is 1. The Morgan fingerprint density at radius 3 is 2.50 bits per heavy atom. The van der Waals surface area contributed by atoms with Gasteiger partial charge < -0.3 is 4.90 Å². The molecule has 0 bridgehead atoms. The summed E-state index contributed by atoms with van der Waals surface area (Å²) in [4.78, 5) is 14.7. The Balaban J connectivity index is 2.32. The lowest BCUT2D eigenvalue weighted by Gasteiger charge is -2.18. The Kier molecular flexibility index (Phi) is 3.72. The molecule has 0 aromatic heterocycles. The van der Waals surface area contributed by atoms with E-state index < -0.39 is 0 Å². The van der Waals surface area contributed by atoms with Crippen molar-refractivity contribution in [3.8, 4) is 0 Å². The van der Waals surface area contributed by atoms with Gasteiger partial charge in [0.2, 0.25) is 0 Å². The molecule has 0 radical (unpaired) electrons. The van der Waals surface area contributed by atoms with Crippen LogP contribution in [0.4, 0.5) is 5.69 Å². The number of carbonyl (C=O) groups excluding carboxylic acids is 1. The number of benzene rings is 2. The lowest BCUT2D eigenvalue weighted by Crippen LogP contribution is -2.26. The predicted octanol–water partition coefficient (Wildman–Crippen LogP) is 3.56. The summed E-state index contributed by atoms with van der Waals surface area (Å²) in [6.45, 7) is 2.01. The molecule has 0 saturated heterocycles. The van der Waals surface area contributed by atoms with Gasteiger partial charge in [0, 0.05) is 17.6 Å². The molecule has 2 rings (SSSR count). The van der Waals surface area contributed by atoms with Crippen LogP contribution in [-0.2, 0) is 0 Å². The molecule has 0 unspecified atom stereocenters. The normalized spacial score (nSPS) is 10.2. The second-order valence-electron chi connectivity index (χ2n) is 4.22. The van der Waals surface area contributed by atoms with Crippen molar-refractivity contribution < 1.29 is 4.79 Å². The number of hydrogen-bond acceptors (Lipinski definition) is 2. The third kappa shape index (κ3) is 2.57. The fraction of sp³-hybridized carbons (Fsp3) is 0.133. The van der Waals surface area contributed by atoms with Crippen molar-refractivity contribution >= 4 is 24.2 Å². The predicted molar refractivity (Wildman–Crippen MR) is 77.6 cm³/mol. The van der Waals surface area contributed by atoms with E-state index in [1.807, 2.05) is 49.4 Å². The number of thiol groups is 1. The summed E-state index contributed by atoms with van der Waals surface area (Å²) in [7, 11) is 1.78. The van der Waals surface area contributed by atoms with E-state index in [4.69, 9.17) is 0 Å². The molecular weight excluding hydrogens is 242 g/mol. The lowest BCUT2D eigenvalue weighted by molar-refractivity contribution is 0.0990. The highest BCUT2D eigenvalue weighted by molar-refractivity contribution is 7.80. The zero-order chi connectivity index (χ0) is 13.1. The van der Waals surface area contributed by atoms with Crippen molar-refractivity contribution in [1.29, 1.82) is 0 Å². The molecule has 0 fully saturated rings. The number of hydrogen-bond donors (Lipinski definition) is 1. The van der Waals surface area contributed by atoms with Crippen LogP contribution >= 0.6 is 12.6 Å². The van der Waals surface area contributed by atoms with Gasteiger partial charge in [-0.1, -0.05) is 24.3 Å². The molecule has 0 spiro atoms. The summed E-state index contributed by atoms with van der Waals surface area (Å²) in [5.41, 5.74) is 2.63. The van der Waals surface area contributed by atoms with Gasteiger partial charge in [0.25, 0.3) is 5.91 Å². The van der Waals surface area contributed by atoms with Crippen LogP contribution in [0.3, 0.4) is 0 Å². The summed E-state index contributed by atoms with van der Waals surface area (Å²) in [5.74, 6) is -0.0498. The lowest BCUT2D eigenvalue weighted by atomic mass is 10.1. The number of nitrogens with zero attached hydrogens (tertiary/aromatic N) is 1. The van der Waals surface area contributed by atoms with Crippen LogP contribution in [0.25, 0.3) is 0 Å². The molecule has 2 aromatic carbocycles. The minimum Gasteiger partial charge on any atom is -0.311 e. The molecule has 2 aromatic rings. The second-order valence-corrected chi connectivity index (χ2v) is 4.70. The molecule has 0 saturated carbocycles.